The van der Waals surface area contributed by atoms with Gasteiger partial charge in [0.05, 0.1) is 11.8 Å². The van der Waals surface area contributed by atoms with Gasteiger partial charge in [-0.25, -0.2) is 9.82 Å². The van der Waals surface area contributed by atoms with Crippen molar-refractivity contribution in [1.82, 2.24) is 10.4 Å². The Morgan fingerprint density at radius 2 is 2.00 bits per heavy atom. The van der Waals surface area contributed by atoms with Gasteiger partial charge in [-0.1, -0.05) is 24.3 Å². The number of aromatic nitrogens is 1. The first-order valence-corrected chi connectivity index (χ1v) is 7.91. The Balaban J connectivity index is 1.56. The summed E-state index contributed by atoms with van der Waals surface area (Å²) in [5.41, 5.74) is 4.52. The second-order valence-electron chi connectivity index (χ2n) is 5.43. The fraction of sp³-hybridized carbons (Fsp3) is 0.0500. The molecule has 3 rings (SSSR count). The van der Waals surface area contributed by atoms with Gasteiger partial charge in [0, 0.05) is 12.4 Å². The number of nitrogens with one attached hydrogen (secondary N) is 1. The van der Waals surface area contributed by atoms with Crippen molar-refractivity contribution in [3.05, 3.63) is 95.6 Å². The maximum atomic E-state index is 12.9. The molecule has 0 fully saturated rings. The van der Waals surface area contributed by atoms with E-state index >= 15 is 0 Å². The summed E-state index contributed by atoms with van der Waals surface area (Å²) in [6.45, 7) is 0.332. The van der Waals surface area contributed by atoms with E-state index in [-0.39, 0.29) is 11.7 Å². The van der Waals surface area contributed by atoms with Crippen LogP contribution in [0.15, 0.2) is 78.2 Å². The molecule has 0 aliphatic heterocycles. The van der Waals surface area contributed by atoms with E-state index in [0.29, 0.717) is 17.9 Å². The van der Waals surface area contributed by atoms with E-state index < -0.39 is 0 Å². The maximum Gasteiger partial charge on any atom is 0.272 e. The fourth-order valence-electron chi connectivity index (χ4n) is 2.16. The number of benzene rings is 2. The molecule has 5 nitrogen and oxygen atoms in total. The molecular weight excluding hydrogens is 333 g/mol. The van der Waals surface area contributed by atoms with Gasteiger partial charge >= 0.3 is 0 Å². The van der Waals surface area contributed by atoms with Crippen molar-refractivity contribution in [1.29, 1.82) is 0 Å². The molecule has 0 radical (unpaired) electrons. The molecule has 6 heteroatoms. The second-order valence-corrected chi connectivity index (χ2v) is 5.43. The molecule has 0 bridgehead atoms. The van der Waals surface area contributed by atoms with Gasteiger partial charge in [0.25, 0.3) is 5.91 Å². The van der Waals surface area contributed by atoms with Crippen LogP contribution in [0.3, 0.4) is 0 Å². The van der Waals surface area contributed by atoms with E-state index in [4.69, 9.17) is 4.74 Å². The highest BCUT2D eigenvalue weighted by Crippen LogP contribution is 2.14. The molecule has 0 spiro atoms. The fourth-order valence-corrected chi connectivity index (χ4v) is 2.16. The van der Waals surface area contributed by atoms with Gasteiger partial charge in [0.2, 0.25) is 0 Å². The number of carbonyl (C=O) groups excluding carboxylic acids is 1. The van der Waals surface area contributed by atoms with Crippen molar-refractivity contribution >= 4 is 12.1 Å². The lowest BCUT2D eigenvalue weighted by molar-refractivity contribution is 0.0955. The summed E-state index contributed by atoms with van der Waals surface area (Å²) in [7, 11) is 0. The van der Waals surface area contributed by atoms with Crippen molar-refractivity contribution in [2.45, 2.75) is 6.61 Å². The zero-order valence-electron chi connectivity index (χ0n) is 13.8. The van der Waals surface area contributed by atoms with E-state index in [0.717, 1.165) is 11.1 Å². The average Bonchev–Trinajstić information content (AvgIpc) is 2.68. The second kappa shape index (κ2) is 8.53. The minimum absolute atomic E-state index is 0.278. The molecule has 0 saturated heterocycles. The Kier molecular flexibility index (Phi) is 5.67. The first kappa shape index (κ1) is 17.3. The Hall–Kier alpha value is -3.54. The van der Waals surface area contributed by atoms with Crippen molar-refractivity contribution in [2.24, 2.45) is 5.10 Å². The summed E-state index contributed by atoms with van der Waals surface area (Å²) in [5.74, 6) is 0.0372. The largest absolute Gasteiger partial charge is 0.489 e. The molecule has 0 aliphatic rings. The Bertz CT molecular complexity index is 896. The number of nitrogens with zero attached hydrogens (tertiary/aromatic N) is 2. The number of carbonyl (C=O) groups is 1. The molecule has 1 amide bonds. The van der Waals surface area contributed by atoms with Crippen LogP contribution in [0.25, 0.3) is 0 Å². The van der Waals surface area contributed by atoms with Crippen LogP contribution in [0.4, 0.5) is 4.39 Å². The molecule has 0 unspecified atom stereocenters. The number of rotatable bonds is 6. The molecular formula is C20H16FN3O2. The molecule has 2 aromatic carbocycles. The predicted molar refractivity (Wildman–Crippen MR) is 96.5 cm³/mol. The van der Waals surface area contributed by atoms with Crippen LogP contribution >= 0.6 is 0 Å². The van der Waals surface area contributed by atoms with Crippen LogP contribution < -0.4 is 10.2 Å². The Morgan fingerprint density at radius 1 is 1.15 bits per heavy atom. The third-order valence-corrected chi connectivity index (χ3v) is 3.48. The van der Waals surface area contributed by atoms with E-state index in [1.54, 1.807) is 36.5 Å². The van der Waals surface area contributed by atoms with Gasteiger partial charge < -0.3 is 4.74 Å². The van der Waals surface area contributed by atoms with Crippen LogP contribution in [-0.2, 0) is 6.61 Å². The number of hydrogen-bond acceptors (Lipinski definition) is 4. The molecule has 3 aromatic rings. The number of hydrazone groups is 1. The van der Waals surface area contributed by atoms with Crippen molar-refractivity contribution in [3.8, 4) is 5.75 Å². The van der Waals surface area contributed by atoms with Crippen LogP contribution in [0, 0.1) is 5.82 Å². The van der Waals surface area contributed by atoms with Crippen molar-refractivity contribution in [3.63, 3.8) is 0 Å². The SMILES string of the molecule is O=C(N/N=C\c1cccc(OCc2ccc(F)cc2)c1)c1cccnc1. The van der Waals surface area contributed by atoms with Crippen LogP contribution in [0.1, 0.15) is 21.5 Å². The lowest BCUT2D eigenvalue weighted by atomic mass is 10.2. The third kappa shape index (κ3) is 4.98. The van der Waals surface area contributed by atoms with E-state index in [2.05, 4.69) is 15.5 Å². The first-order chi connectivity index (χ1) is 12.7. The minimum atomic E-state index is -0.335. The quantitative estimate of drug-likeness (QED) is 0.547. The third-order valence-electron chi connectivity index (χ3n) is 3.48. The predicted octanol–water partition coefficient (Wildman–Crippen LogP) is 3.56. The van der Waals surface area contributed by atoms with E-state index in [9.17, 15) is 9.18 Å². The van der Waals surface area contributed by atoms with Gasteiger partial charge in [0.15, 0.2) is 0 Å². The molecule has 0 atom stereocenters. The van der Waals surface area contributed by atoms with Gasteiger partial charge in [-0.2, -0.15) is 5.10 Å². The van der Waals surface area contributed by atoms with Crippen molar-refractivity contribution < 1.29 is 13.9 Å². The summed E-state index contributed by atoms with van der Waals surface area (Å²) in [4.78, 5) is 15.8. The lowest BCUT2D eigenvalue weighted by Gasteiger charge is -2.07. The Morgan fingerprint density at radius 3 is 2.77 bits per heavy atom. The van der Waals surface area contributed by atoms with Gasteiger partial charge in [-0.05, 0) is 47.5 Å². The van der Waals surface area contributed by atoms with E-state index in [1.807, 2.05) is 18.2 Å². The standard InChI is InChI=1S/C20H16FN3O2/c21-18-8-6-15(7-9-18)14-26-19-5-1-3-16(11-19)12-23-24-20(25)17-4-2-10-22-13-17/h1-13H,14H2,(H,24,25)/b23-12-. The van der Waals surface area contributed by atoms with Gasteiger partial charge in [-0.15, -0.1) is 0 Å². The minimum Gasteiger partial charge on any atom is -0.489 e. The molecule has 26 heavy (non-hydrogen) atoms. The molecule has 130 valence electrons. The van der Waals surface area contributed by atoms with Gasteiger partial charge in [0.1, 0.15) is 18.2 Å². The highest BCUT2D eigenvalue weighted by molar-refractivity contribution is 5.94. The topological polar surface area (TPSA) is 63.6 Å². The van der Waals surface area contributed by atoms with Crippen LogP contribution in [0.5, 0.6) is 5.75 Å². The normalized spacial score (nSPS) is 10.7. The average molecular weight is 349 g/mol. The summed E-state index contributed by atoms with van der Waals surface area (Å²) >= 11 is 0. The number of hydrogen-bond donors (Lipinski definition) is 1. The highest BCUT2D eigenvalue weighted by Gasteiger charge is 2.02. The Labute approximate surface area is 150 Å². The molecule has 0 saturated carbocycles. The van der Waals surface area contributed by atoms with Crippen molar-refractivity contribution in [2.75, 3.05) is 0 Å². The summed E-state index contributed by atoms with van der Waals surface area (Å²) in [6, 6.07) is 16.7. The number of halogens is 1. The zero-order valence-corrected chi connectivity index (χ0v) is 13.8. The van der Waals surface area contributed by atoms with Crippen LogP contribution in [-0.4, -0.2) is 17.1 Å². The van der Waals surface area contributed by atoms with Gasteiger partial charge in [-0.3, -0.25) is 9.78 Å². The lowest BCUT2D eigenvalue weighted by Crippen LogP contribution is -2.17. The highest BCUT2D eigenvalue weighted by atomic mass is 19.1. The zero-order chi connectivity index (χ0) is 18.2. The van der Waals surface area contributed by atoms with E-state index in [1.165, 1.54) is 24.5 Å². The smallest absolute Gasteiger partial charge is 0.272 e. The molecule has 1 aromatic heterocycles. The number of pyridine rings is 1. The summed E-state index contributed by atoms with van der Waals surface area (Å²) < 4.78 is 18.6. The number of amides is 1. The molecule has 1 heterocycles. The number of ether oxygens (including phenoxy) is 1. The summed E-state index contributed by atoms with van der Waals surface area (Å²) in [5, 5.41) is 3.94. The molecule has 0 aliphatic carbocycles. The summed E-state index contributed by atoms with van der Waals surface area (Å²) in [6.07, 6.45) is 4.59. The first-order valence-electron chi connectivity index (χ1n) is 7.91. The molecule has 1 N–H and O–H groups in total. The monoisotopic (exact) mass is 349 g/mol. The van der Waals surface area contributed by atoms with Crippen LogP contribution in [0.2, 0.25) is 0 Å². The maximum absolute atomic E-state index is 12.9.